The van der Waals surface area contributed by atoms with Gasteiger partial charge >= 0.3 is 0 Å². The summed E-state index contributed by atoms with van der Waals surface area (Å²) in [5.74, 6) is 1.69. The first-order chi connectivity index (χ1) is 7.69. The van der Waals surface area contributed by atoms with E-state index in [1.165, 1.54) is 0 Å². The van der Waals surface area contributed by atoms with Gasteiger partial charge in [-0.25, -0.2) is 0 Å². The van der Waals surface area contributed by atoms with Gasteiger partial charge in [0.15, 0.2) is 0 Å². The van der Waals surface area contributed by atoms with Gasteiger partial charge in [-0.3, -0.25) is 0 Å². The Kier molecular flexibility index (Phi) is 4.58. The number of rotatable bonds is 5. The van der Waals surface area contributed by atoms with Crippen molar-refractivity contribution in [3.8, 4) is 11.5 Å². The topological polar surface area (TPSA) is 42.5 Å². The second-order valence-corrected chi connectivity index (χ2v) is 3.53. The summed E-state index contributed by atoms with van der Waals surface area (Å²) in [4.78, 5) is 0. The number of nitrogens with one attached hydrogen (secondary N) is 2. The number of benzene rings is 1. The molecule has 90 valence electrons. The molecule has 0 aliphatic heterocycles. The molecule has 0 unspecified atom stereocenters. The Bertz CT molecular complexity index is 349. The zero-order valence-electron chi connectivity index (χ0n) is 10.5. The smallest absolute Gasteiger partial charge is 0.131 e. The molecule has 1 rings (SSSR count). The zero-order chi connectivity index (χ0) is 12.1. The van der Waals surface area contributed by atoms with Crippen LogP contribution in [0, 0.1) is 6.92 Å². The molecule has 0 atom stereocenters. The molecule has 4 nitrogen and oxygen atoms in total. The molecule has 0 aromatic heterocycles. The van der Waals surface area contributed by atoms with E-state index < -0.39 is 0 Å². The van der Waals surface area contributed by atoms with Gasteiger partial charge in [-0.2, -0.15) is 0 Å². The third-order valence-electron chi connectivity index (χ3n) is 2.70. The van der Waals surface area contributed by atoms with Gasteiger partial charge in [0.1, 0.15) is 11.5 Å². The fourth-order valence-corrected chi connectivity index (χ4v) is 1.87. The van der Waals surface area contributed by atoms with Crippen molar-refractivity contribution in [2.45, 2.75) is 13.1 Å². The summed E-state index contributed by atoms with van der Waals surface area (Å²) in [6.45, 7) is 1.99. The summed E-state index contributed by atoms with van der Waals surface area (Å²) < 4.78 is 10.7. The highest BCUT2D eigenvalue weighted by molar-refractivity contribution is 5.50. The molecule has 0 spiro atoms. The fraction of sp³-hybridized carbons (Fsp3) is 0.500. The number of hydrogen-bond donors (Lipinski definition) is 2. The summed E-state index contributed by atoms with van der Waals surface area (Å²) in [5.41, 5.74) is 2.09. The predicted molar refractivity (Wildman–Crippen MR) is 65.1 cm³/mol. The van der Waals surface area contributed by atoms with Gasteiger partial charge < -0.3 is 20.1 Å². The Morgan fingerprint density at radius 3 is 2.12 bits per heavy atom. The van der Waals surface area contributed by atoms with E-state index in [4.69, 9.17) is 9.47 Å². The minimum Gasteiger partial charge on any atom is -0.496 e. The first-order valence-corrected chi connectivity index (χ1v) is 5.25. The van der Waals surface area contributed by atoms with Crippen molar-refractivity contribution in [2.75, 3.05) is 28.3 Å². The first-order valence-electron chi connectivity index (χ1n) is 5.25. The van der Waals surface area contributed by atoms with Gasteiger partial charge in [-0.15, -0.1) is 0 Å². The molecular formula is C12H20N2O2. The Morgan fingerprint density at radius 2 is 1.69 bits per heavy atom. The van der Waals surface area contributed by atoms with Gasteiger partial charge in [0, 0.05) is 11.1 Å². The summed E-state index contributed by atoms with van der Waals surface area (Å²) in [6.07, 6.45) is 0.0690. The Balaban J connectivity index is 3.24. The van der Waals surface area contributed by atoms with Gasteiger partial charge in [-0.1, -0.05) is 0 Å². The molecule has 0 saturated heterocycles. The summed E-state index contributed by atoms with van der Waals surface area (Å²) in [7, 11) is 7.14. The van der Waals surface area contributed by atoms with E-state index >= 15 is 0 Å². The molecule has 0 fully saturated rings. The molecule has 4 heteroatoms. The summed E-state index contributed by atoms with van der Waals surface area (Å²) in [6, 6.07) is 3.96. The molecule has 2 N–H and O–H groups in total. The molecule has 1 aromatic rings. The predicted octanol–water partition coefficient (Wildman–Crippen LogP) is 1.45. The molecular weight excluding hydrogens is 204 g/mol. The van der Waals surface area contributed by atoms with Gasteiger partial charge in [0.05, 0.1) is 20.4 Å². The lowest BCUT2D eigenvalue weighted by molar-refractivity contribution is 0.376. The van der Waals surface area contributed by atoms with E-state index in [0.29, 0.717) is 0 Å². The van der Waals surface area contributed by atoms with Crippen LogP contribution >= 0.6 is 0 Å². The molecule has 0 saturated carbocycles. The molecule has 0 radical (unpaired) electrons. The third kappa shape index (κ3) is 2.28. The van der Waals surface area contributed by atoms with E-state index in [2.05, 4.69) is 10.6 Å². The number of ether oxygens (including phenoxy) is 2. The molecule has 0 bridgehead atoms. The standard InChI is InChI=1S/C12H20N2O2/c1-8-10(15-4)7-6-9(11(8)16-5)12(13-2)14-3/h6-7,12-14H,1-5H3. The van der Waals surface area contributed by atoms with Crippen molar-refractivity contribution in [3.63, 3.8) is 0 Å². The lowest BCUT2D eigenvalue weighted by Crippen LogP contribution is -2.29. The van der Waals surface area contributed by atoms with Gasteiger partial charge in [0.2, 0.25) is 0 Å². The lowest BCUT2D eigenvalue weighted by Gasteiger charge is -2.21. The molecule has 0 heterocycles. The minimum absolute atomic E-state index is 0.0690. The molecule has 0 aliphatic carbocycles. The Labute approximate surface area is 96.9 Å². The summed E-state index contributed by atoms with van der Waals surface area (Å²) >= 11 is 0. The summed E-state index contributed by atoms with van der Waals surface area (Å²) in [5, 5.41) is 6.35. The van der Waals surface area contributed by atoms with Crippen molar-refractivity contribution in [1.29, 1.82) is 0 Å². The van der Waals surface area contributed by atoms with Crippen LogP contribution in [-0.2, 0) is 0 Å². The van der Waals surface area contributed by atoms with Crippen molar-refractivity contribution >= 4 is 0 Å². The monoisotopic (exact) mass is 224 g/mol. The lowest BCUT2D eigenvalue weighted by atomic mass is 10.1. The van der Waals surface area contributed by atoms with Crippen LogP contribution < -0.4 is 20.1 Å². The van der Waals surface area contributed by atoms with Crippen LogP contribution in [-0.4, -0.2) is 28.3 Å². The quantitative estimate of drug-likeness (QED) is 0.743. The number of methoxy groups -OCH3 is 2. The van der Waals surface area contributed by atoms with Crippen molar-refractivity contribution in [1.82, 2.24) is 10.6 Å². The van der Waals surface area contributed by atoms with Crippen LogP contribution in [0.25, 0.3) is 0 Å². The van der Waals surface area contributed by atoms with Gasteiger partial charge in [-0.05, 0) is 33.2 Å². The highest BCUT2D eigenvalue weighted by atomic mass is 16.5. The van der Waals surface area contributed by atoms with Crippen LogP contribution in [0.15, 0.2) is 12.1 Å². The van der Waals surface area contributed by atoms with Crippen LogP contribution in [0.1, 0.15) is 17.3 Å². The van der Waals surface area contributed by atoms with E-state index in [1.807, 2.05) is 33.2 Å². The van der Waals surface area contributed by atoms with Gasteiger partial charge in [0.25, 0.3) is 0 Å². The van der Waals surface area contributed by atoms with Crippen LogP contribution in [0.4, 0.5) is 0 Å². The van der Waals surface area contributed by atoms with Crippen molar-refractivity contribution in [3.05, 3.63) is 23.3 Å². The fourth-order valence-electron chi connectivity index (χ4n) is 1.87. The highest BCUT2D eigenvalue weighted by Gasteiger charge is 2.16. The Hall–Kier alpha value is -1.26. The first kappa shape index (κ1) is 12.8. The van der Waals surface area contributed by atoms with Crippen molar-refractivity contribution < 1.29 is 9.47 Å². The minimum atomic E-state index is 0.0690. The molecule has 16 heavy (non-hydrogen) atoms. The normalized spacial score (nSPS) is 10.6. The maximum Gasteiger partial charge on any atom is 0.131 e. The van der Waals surface area contributed by atoms with E-state index in [1.54, 1.807) is 14.2 Å². The van der Waals surface area contributed by atoms with Crippen molar-refractivity contribution in [2.24, 2.45) is 0 Å². The van der Waals surface area contributed by atoms with E-state index in [0.717, 1.165) is 22.6 Å². The zero-order valence-corrected chi connectivity index (χ0v) is 10.5. The average Bonchev–Trinajstić information content (AvgIpc) is 2.31. The molecule has 0 amide bonds. The largest absolute Gasteiger partial charge is 0.496 e. The second-order valence-electron chi connectivity index (χ2n) is 3.53. The SMILES string of the molecule is CNC(NC)c1ccc(OC)c(C)c1OC. The third-order valence-corrected chi connectivity index (χ3v) is 2.70. The van der Waals surface area contributed by atoms with Crippen LogP contribution in [0.3, 0.4) is 0 Å². The van der Waals surface area contributed by atoms with Crippen LogP contribution in [0.2, 0.25) is 0 Å². The van der Waals surface area contributed by atoms with E-state index in [-0.39, 0.29) is 6.17 Å². The number of hydrogen-bond acceptors (Lipinski definition) is 4. The van der Waals surface area contributed by atoms with E-state index in [9.17, 15) is 0 Å². The maximum absolute atomic E-state index is 5.44. The maximum atomic E-state index is 5.44. The molecule has 1 aromatic carbocycles. The average molecular weight is 224 g/mol. The highest BCUT2D eigenvalue weighted by Crippen LogP contribution is 2.33. The Morgan fingerprint density at radius 1 is 1.06 bits per heavy atom. The second kappa shape index (κ2) is 5.72. The molecule has 0 aliphatic rings. The van der Waals surface area contributed by atoms with Crippen LogP contribution in [0.5, 0.6) is 11.5 Å².